The molecule has 7 aliphatic rings. The summed E-state index contributed by atoms with van der Waals surface area (Å²) in [4.78, 5) is 108. The van der Waals surface area contributed by atoms with E-state index >= 15 is 0 Å². The normalized spacial score (nSPS) is 35.5. The van der Waals surface area contributed by atoms with Gasteiger partial charge in [0.1, 0.15) is 146 Å². The summed E-state index contributed by atoms with van der Waals surface area (Å²) < 4.78 is 84.9. The third-order valence-corrected chi connectivity index (χ3v) is 27.9. The summed E-state index contributed by atoms with van der Waals surface area (Å²) in [6.45, 7) is -2.07. The summed E-state index contributed by atoms with van der Waals surface area (Å²) in [5, 5.41) is 296. The van der Waals surface area contributed by atoms with Crippen LogP contribution in [-0.2, 0) is 105 Å². The van der Waals surface area contributed by atoms with Crippen molar-refractivity contribution in [2.75, 3.05) is 52.9 Å². The molecule has 147 heavy (non-hydrogen) atoms. The number of amides is 4. The number of carbonyl (C=O) groups excluding carboxylic acids is 5. The number of aliphatic hydroxyl groups excluding tert-OH is 22. The van der Waals surface area contributed by atoms with Gasteiger partial charge in [-0.3, -0.25) is 19.2 Å². The Morgan fingerprint density at radius 1 is 0.388 bits per heavy atom. The molecule has 0 aliphatic carbocycles. The average molecular weight is 2130 g/mol. The fourth-order valence-corrected chi connectivity index (χ4v) is 19.7. The molecule has 7 rings (SSSR count). The number of Topliss-reactive ketones (excluding diaryl/α,β-unsaturated/α-hetero) is 1. The number of ketones is 1. The Hall–Kier alpha value is -5.74. The fourth-order valence-electron chi connectivity index (χ4n) is 19.7. The van der Waals surface area contributed by atoms with Crippen LogP contribution in [-0.4, -0.2) is 465 Å². The van der Waals surface area contributed by atoms with E-state index in [1.165, 1.54) is 83.1 Å². The molecule has 51 nitrogen and oxygen atoms in total. The maximum Gasteiger partial charge on any atom is 0.364 e. The number of hydrogen-bond donors (Lipinski definition) is 29. The van der Waals surface area contributed by atoms with Crippen molar-refractivity contribution < 1.29 is 232 Å². The van der Waals surface area contributed by atoms with Gasteiger partial charge in [-0.25, -0.2) is 14.4 Å². The summed E-state index contributed by atoms with van der Waals surface area (Å²) in [6, 6.07) is -7.08. The molecule has 852 valence electrons. The SMILES string of the molecule is CCCCCCCCCCCCC/C=C/[C@@H](O)[C@H](CO[C@@H]1O[C@H](CO)[C@@H](O[C@@H]2O[C@H](CO)[C@H](O[C@@H]3O[C@H](CO)[C@H](O)[C@H](O[C@@H]4O[C@H](CO)[C@H](O)[C@H](O[C@]5(C(=O)O)C[C@H](O)[C@@H](NC(C)=O)C([C@H](O)[C@H](O)CO)O5)[C@H]4O)[C@H]3CC(C)=O)[C@H](O[C@]3(C(=O)O)C[C@H](O)[C@@H](NC(C)=O)C([C@H](O)[C@@H](CO)O[C@]4(C(=O)O)C[C@H](O)[C@@H](NC(C)=O)C([C@H](O)[C@H](O)CO)O4)O3)[C@H]2O)[C@H](O)[C@H]1O)NC(=O)CCCCCCCCCCCCCCCCC. The second-order valence-electron chi connectivity index (χ2n) is 39.6. The molecule has 40 atom stereocenters. The highest BCUT2D eigenvalue weighted by Gasteiger charge is 2.66. The minimum atomic E-state index is -3.80. The molecule has 7 aliphatic heterocycles. The number of aliphatic hydroxyl groups is 22. The number of carboxylic acid groups (broad SMARTS) is 3. The Balaban J connectivity index is 1.26. The van der Waals surface area contributed by atoms with Gasteiger partial charge >= 0.3 is 17.9 Å². The third-order valence-electron chi connectivity index (χ3n) is 27.9. The second-order valence-corrected chi connectivity index (χ2v) is 39.6. The van der Waals surface area contributed by atoms with Crippen molar-refractivity contribution in [1.29, 1.82) is 0 Å². The summed E-state index contributed by atoms with van der Waals surface area (Å²) >= 11 is 0. The van der Waals surface area contributed by atoms with E-state index in [1.807, 2.05) is 0 Å². The van der Waals surface area contributed by atoms with E-state index in [-0.39, 0.29) is 6.42 Å². The van der Waals surface area contributed by atoms with Crippen molar-refractivity contribution in [1.82, 2.24) is 21.3 Å². The van der Waals surface area contributed by atoms with E-state index in [2.05, 4.69) is 35.1 Å². The predicted molar refractivity (Wildman–Crippen MR) is 502 cm³/mol. The van der Waals surface area contributed by atoms with Crippen molar-refractivity contribution >= 4 is 47.3 Å². The minimum absolute atomic E-state index is 0.0489. The minimum Gasteiger partial charge on any atom is -0.477 e. The highest BCUT2D eigenvalue weighted by molar-refractivity contribution is 5.79. The van der Waals surface area contributed by atoms with Crippen LogP contribution in [0.4, 0.5) is 0 Å². The standard InChI is InChI=1S/C96H166N4O47/c1-7-9-11-13-15-17-19-21-22-24-26-28-30-32-34-36-66(118)100-54(55(112)35-33-31-29-27-25-23-20-18-16-14-12-10-8-2)48-134-88-76(125)75(124)80(64(46-106)137-88)140-90-78(127)86(147-96(93(132)133)40-58(115)69(99-52(6)111)84(145-96)74(123)63(45-105)142-94(91(128)129)38-56(113)67(97-50(4)109)82(143-94)70(119)59(116)41-101)81(65(47-107)138-90)141-87-53(37-49(3)108)79(72(121)61(43-103)135-87)139-89-77(126)85(73(122)62(44-104)136-89)146-95(92(130)131)39-57(114)68(98-51(5)110)83(144-95)71(120)60(117)42-102/h33,35,53-65,67-90,101-107,112-117,119-127H,7-32,34,36-48H2,1-6H3,(H,97,109)(H,98,110)(H,99,111)(H,100,118)(H,128,129)(H,130,131)(H,132,133)/b35-33+/t53-,54+,55-,56+,57+,58+,59-,60-,61-,62-,63-,64-,65-,67-,68-,69-,70-,71-,72+,73+,74-,75-,76-,77-,78-,79-,80-,81+,82?,83?,84?,85+,86-,87+,88-,89+,90+,94-,95+,96+/m1/s1. The van der Waals surface area contributed by atoms with Crippen LogP contribution >= 0.6 is 0 Å². The summed E-state index contributed by atoms with van der Waals surface area (Å²) in [7, 11) is 0. The van der Waals surface area contributed by atoms with Gasteiger partial charge in [0.2, 0.25) is 23.6 Å². The molecule has 0 aromatic heterocycles. The van der Waals surface area contributed by atoms with Crippen LogP contribution in [0.15, 0.2) is 12.2 Å². The fraction of sp³-hybridized carbons (Fsp3) is 0.896. The van der Waals surface area contributed by atoms with Crippen molar-refractivity contribution in [3.8, 4) is 0 Å². The van der Waals surface area contributed by atoms with Crippen LogP contribution in [0.5, 0.6) is 0 Å². The molecule has 0 bridgehead atoms. The van der Waals surface area contributed by atoms with Crippen LogP contribution in [0.2, 0.25) is 0 Å². The number of ether oxygens (including phenoxy) is 14. The molecule has 7 saturated heterocycles. The third kappa shape index (κ3) is 36.2. The van der Waals surface area contributed by atoms with Crippen LogP contribution in [0.25, 0.3) is 0 Å². The summed E-state index contributed by atoms with van der Waals surface area (Å²) in [6.07, 6.45) is -48.3. The first-order valence-electron chi connectivity index (χ1n) is 51.6. The smallest absolute Gasteiger partial charge is 0.364 e. The molecule has 29 N–H and O–H groups in total. The van der Waals surface area contributed by atoms with Gasteiger partial charge in [0, 0.05) is 58.8 Å². The van der Waals surface area contributed by atoms with E-state index in [1.54, 1.807) is 6.08 Å². The topological polar surface area (TPSA) is 820 Å². The lowest BCUT2D eigenvalue weighted by Crippen LogP contribution is -2.72. The zero-order valence-electron chi connectivity index (χ0n) is 84.5. The molecule has 0 aromatic carbocycles. The van der Waals surface area contributed by atoms with Gasteiger partial charge in [-0.1, -0.05) is 180 Å². The summed E-state index contributed by atoms with van der Waals surface area (Å²) in [5.74, 6) is -23.8. The number of rotatable bonds is 67. The Morgan fingerprint density at radius 2 is 0.748 bits per heavy atom. The first-order valence-corrected chi connectivity index (χ1v) is 51.6. The van der Waals surface area contributed by atoms with Gasteiger partial charge in [-0.15, -0.1) is 0 Å². The first kappa shape index (κ1) is 128. The number of hydrogen-bond acceptors (Lipinski definition) is 44. The number of unbranched alkanes of at least 4 members (excludes halogenated alkanes) is 25. The van der Waals surface area contributed by atoms with E-state index in [0.29, 0.717) is 12.8 Å². The molecule has 7 heterocycles. The van der Waals surface area contributed by atoms with Gasteiger partial charge in [-0.05, 0) is 26.2 Å². The molecule has 7 fully saturated rings. The summed E-state index contributed by atoms with van der Waals surface area (Å²) in [5.41, 5.74) is 0. The number of carbonyl (C=O) groups is 8. The number of allylic oxidation sites excluding steroid dienone is 1. The Kier molecular flexibility index (Phi) is 55.2. The van der Waals surface area contributed by atoms with Crippen molar-refractivity contribution in [3.05, 3.63) is 12.2 Å². The van der Waals surface area contributed by atoms with Crippen LogP contribution in [0.3, 0.4) is 0 Å². The zero-order chi connectivity index (χ0) is 109. The lowest BCUT2D eigenvalue weighted by atomic mass is 9.86. The number of carboxylic acids is 3. The monoisotopic (exact) mass is 2130 g/mol. The van der Waals surface area contributed by atoms with E-state index in [0.717, 1.165) is 111 Å². The number of nitrogens with one attached hydrogen (secondary N) is 4. The van der Waals surface area contributed by atoms with Gasteiger partial charge in [0.25, 0.3) is 17.4 Å². The maximum absolute atomic E-state index is 14.6. The van der Waals surface area contributed by atoms with Gasteiger partial charge in [0.15, 0.2) is 25.2 Å². The highest BCUT2D eigenvalue weighted by Crippen LogP contribution is 2.46. The molecular formula is C96H166N4O47. The van der Waals surface area contributed by atoms with E-state index < -0.39 is 369 Å². The quantitative estimate of drug-likeness (QED) is 0.0199. The molecule has 0 aromatic rings. The highest BCUT2D eigenvalue weighted by atomic mass is 16.8. The molecule has 3 unspecified atom stereocenters. The lowest BCUT2D eigenvalue weighted by molar-refractivity contribution is -0.409. The Labute approximate surface area is 853 Å². The van der Waals surface area contributed by atoms with Gasteiger partial charge in [0.05, 0.1) is 108 Å². The van der Waals surface area contributed by atoms with E-state index in [4.69, 9.17) is 66.3 Å². The average Bonchev–Trinajstić information content (AvgIpc) is 0.742. The molecule has 0 saturated carbocycles. The van der Waals surface area contributed by atoms with Crippen molar-refractivity contribution in [2.45, 2.75) is 485 Å². The van der Waals surface area contributed by atoms with Gasteiger partial charge in [-0.2, -0.15) is 0 Å². The molecule has 0 spiro atoms. The van der Waals surface area contributed by atoms with Crippen LogP contribution in [0.1, 0.15) is 247 Å². The van der Waals surface area contributed by atoms with E-state index in [9.17, 15) is 166 Å². The van der Waals surface area contributed by atoms with Gasteiger partial charge < -0.3 is 220 Å². The predicted octanol–water partition coefficient (Wildman–Crippen LogP) is -5.60. The lowest BCUT2D eigenvalue weighted by Gasteiger charge is -2.53. The molecule has 0 radical (unpaired) electrons. The Bertz CT molecular complexity index is 3910. The van der Waals surface area contributed by atoms with Crippen molar-refractivity contribution in [2.24, 2.45) is 5.92 Å². The number of aliphatic carboxylic acids is 3. The van der Waals surface area contributed by atoms with Crippen molar-refractivity contribution in [3.63, 3.8) is 0 Å². The molecular weight excluding hydrogens is 1960 g/mol. The first-order chi connectivity index (χ1) is 69.9. The molecule has 4 amide bonds. The maximum atomic E-state index is 14.6. The molecule has 51 heteroatoms. The van der Waals surface area contributed by atoms with Crippen LogP contribution in [0, 0.1) is 5.92 Å². The largest absolute Gasteiger partial charge is 0.477 e. The second kappa shape index (κ2) is 63.3. The zero-order valence-corrected chi connectivity index (χ0v) is 84.5. The Morgan fingerprint density at radius 3 is 1.16 bits per heavy atom. The van der Waals surface area contributed by atoms with Crippen LogP contribution < -0.4 is 21.3 Å².